The third kappa shape index (κ3) is 3.08. The summed E-state index contributed by atoms with van der Waals surface area (Å²) in [5.41, 5.74) is 1.36. The molecule has 24 heavy (non-hydrogen) atoms. The van der Waals surface area contributed by atoms with E-state index in [1.54, 1.807) is 29.7 Å². The molecule has 3 heterocycles. The number of hydrogen-bond donors (Lipinski definition) is 0. The van der Waals surface area contributed by atoms with Crippen LogP contribution in [-0.4, -0.2) is 25.2 Å². The molecule has 0 saturated heterocycles. The van der Waals surface area contributed by atoms with Crippen LogP contribution in [0.4, 0.5) is 4.39 Å². The Labute approximate surface area is 144 Å². The van der Waals surface area contributed by atoms with Gasteiger partial charge in [-0.15, -0.1) is 16.4 Å². The van der Waals surface area contributed by atoms with E-state index < -0.39 is 0 Å². The summed E-state index contributed by atoms with van der Waals surface area (Å²) >= 11 is 2.97. The minimum Gasteiger partial charge on any atom is -0.444 e. The van der Waals surface area contributed by atoms with Crippen LogP contribution < -0.4 is 0 Å². The summed E-state index contributed by atoms with van der Waals surface area (Å²) in [7, 11) is 0. The maximum absolute atomic E-state index is 13.4. The highest BCUT2D eigenvalue weighted by Gasteiger charge is 2.12. The summed E-state index contributed by atoms with van der Waals surface area (Å²) in [5.74, 6) is 0.811. The van der Waals surface area contributed by atoms with Crippen LogP contribution in [-0.2, 0) is 5.75 Å². The molecule has 3 aromatic heterocycles. The molecular formula is C15H10FN5OS2. The number of oxazole rings is 1. The number of halogens is 1. The second-order valence-corrected chi connectivity index (χ2v) is 6.65. The molecule has 0 aliphatic rings. The van der Waals surface area contributed by atoms with Crippen molar-refractivity contribution in [1.29, 1.82) is 0 Å². The van der Waals surface area contributed by atoms with Crippen molar-refractivity contribution in [2.24, 2.45) is 0 Å². The third-order valence-corrected chi connectivity index (χ3v) is 4.94. The van der Waals surface area contributed by atoms with Crippen molar-refractivity contribution >= 4 is 23.1 Å². The van der Waals surface area contributed by atoms with Crippen molar-refractivity contribution in [2.45, 2.75) is 10.9 Å². The van der Waals surface area contributed by atoms with Gasteiger partial charge < -0.3 is 4.42 Å². The molecule has 4 aromatic rings. The van der Waals surface area contributed by atoms with Gasteiger partial charge in [0.25, 0.3) is 0 Å². The topological polar surface area (TPSA) is 69.6 Å². The number of benzene rings is 1. The predicted molar refractivity (Wildman–Crippen MR) is 88.5 cm³/mol. The van der Waals surface area contributed by atoms with Crippen LogP contribution in [0.1, 0.15) is 5.69 Å². The first-order chi connectivity index (χ1) is 11.8. The number of rotatable bonds is 5. The van der Waals surface area contributed by atoms with E-state index in [4.69, 9.17) is 4.42 Å². The zero-order valence-corrected chi connectivity index (χ0v) is 13.8. The Balaban J connectivity index is 1.50. The highest BCUT2D eigenvalue weighted by molar-refractivity contribution is 7.98. The molecule has 6 nitrogen and oxygen atoms in total. The first-order valence-electron chi connectivity index (χ1n) is 6.95. The van der Waals surface area contributed by atoms with Crippen molar-refractivity contribution in [2.75, 3.05) is 0 Å². The molecule has 0 spiro atoms. The number of aromatic nitrogens is 5. The Hall–Kier alpha value is -2.52. The van der Waals surface area contributed by atoms with Gasteiger partial charge in [-0.05, 0) is 40.1 Å². The number of nitrogens with zero attached hydrogens (tertiary/aromatic N) is 5. The lowest BCUT2D eigenvalue weighted by Gasteiger charge is -2.03. The minimum atomic E-state index is -0.337. The summed E-state index contributed by atoms with van der Waals surface area (Å²) in [6.07, 6.45) is 1.62. The summed E-state index contributed by atoms with van der Waals surface area (Å²) in [5, 5.41) is 14.1. The Bertz CT molecular complexity index is 950. The molecule has 0 fully saturated rings. The lowest BCUT2D eigenvalue weighted by atomic mass is 10.3. The van der Waals surface area contributed by atoms with E-state index in [-0.39, 0.29) is 5.82 Å². The number of hydrogen-bond acceptors (Lipinski definition) is 7. The lowest BCUT2D eigenvalue weighted by molar-refractivity contribution is 0.575. The molecule has 0 aliphatic heterocycles. The zero-order chi connectivity index (χ0) is 16.4. The Morgan fingerprint density at radius 3 is 3.04 bits per heavy atom. The number of thioether (sulfide) groups is 1. The van der Waals surface area contributed by atoms with Crippen LogP contribution in [0.2, 0.25) is 0 Å². The quantitative estimate of drug-likeness (QED) is 0.505. The van der Waals surface area contributed by atoms with Gasteiger partial charge in [0.05, 0.1) is 16.3 Å². The molecule has 1 aromatic carbocycles. The highest BCUT2D eigenvalue weighted by atomic mass is 32.2. The molecule has 0 radical (unpaired) electrons. The SMILES string of the molecule is Fc1cccc(-n2nnnc2SCc2coc(-c3cccs3)n2)c1. The predicted octanol–water partition coefficient (Wildman–Crippen LogP) is 3.81. The molecule has 120 valence electrons. The third-order valence-electron chi connectivity index (χ3n) is 3.13. The molecule has 0 N–H and O–H groups in total. The molecule has 0 aliphatic carbocycles. The highest BCUT2D eigenvalue weighted by Crippen LogP contribution is 2.27. The van der Waals surface area contributed by atoms with E-state index in [0.717, 1.165) is 10.6 Å². The van der Waals surface area contributed by atoms with E-state index in [9.17, 15) is 4.39 Å². The van der Waals surface area contributed by atoms with Crippen molar-refractivity contribution in [3.8, 4) is 16.5 Å². The van der Waals surface area contributed by atoms with Gasteiger partial charge in [0, 0.05) is 5.75 Å². The van der Waals surface area contributed by atoms with Gasteiger partial charge in [0.2, 0.25) is 11.0 Å². The van der Waals surface area contributed by atoms with Gasteiger partial charge in [0.1, 0.15) is 12.1 Å². The molecular weight excluding hydrogens is 349 g/mol. The molecule has 0 saturated carbocycles. The van der Waals surface area contributed by atoms with Crippen LogP contribution >= 0.6 is 23.1 Å². The van der Waals surface area contributed by atoms with E-state index in [1.807, 2.05) is 17.5 Å². The molecule has 0 amide bonds. The van der Waals surface area contributed by atoms with E-state index in [0.29, 0.717) is 22.5 Å². The fraction of sp³-hybridized carbons (Fsp3) is 0.0667. The van der Waals surface area contributed by atoms with E-state index in [2.05, 4.69) is 20.5 Å². The largest absolute Gasteiger partial charge is 0.444 e. The van der Waals surface area contributed by atoms with Crippen molar-refractivity contribution in [3.63, 3.8) is 0 Å². The second-order valence-electron chi connectivity index (χ2n) is 4.76. The monoisotopic (exact) mass is 359 g/mol. The summed E-state index contributed by atoms with van der Waals surface area (Å²) in [6.45, 7) is 0. The van der Waals surface area contributed by atoms with Crippen LogP contribution in [0.3, 0.4) is 0 Å². The summed E-state index contributed by atoms with van der Waals surface area (Å²) in [4.78, 5) is 5.44. The minimum absolute atomic E-state index is 0.337. The fourth-order valence-electron chi connectivity index (χ4n) is 2.06. The van der Waals surface area contributed by atoms with Gasteiger partial charge in [-0.2, -0.15) is 4.68 Å². The van der Waals surface area contributed by atoms with Gasteiger partial charge in [-0.3, -0.25) is 0 Å². The molecule has 0 atom stereocenters. The normalized spacial score (nSPS) is 11.0. The molecule has 0 unspecified atom stereocenters. The molecule has 4 rings (SSSR count). The lowest BCUT2D eigenvalue weighted by Crippen LogP contribution is -1.99. The number of thiophene rings is 1. The van der Waals surface area contributed by atoms with Gasteiger partial charge in [-0.25, -0.2) is 9.37 Å². The first kappa shape index (κ1) is 15.0. The van der Waals surface area contributed by atoms with E-state index >= 15 is 0 Å². The summed E-state index contributed by atoms with van der Waals surface area (Å²) < 4.78 is 20.4. The van der Waals surface area contributed by atoms with Crippen molar-refractivity contribution in [3.05, 3.63) is 59.6 Å². The van der Waals surface area contributed by atoms with Crippen LogP contribution in [0.5, 0.6) is 0 Å². The zero-order valence-electron chi connectivity index (χ0n) is 12.2. The van der Waals surface area contributed by atoms with Crippen molar-refractivity contribution in [1.82, 2.24) is 25.2 Å². The van der Waals surface area contributed by atoms with E-state index in [1.165, 1.54) is 28.6 Å². The van der Waals surface area contributed by atoms with Gasteiger partial charge >= 0.3 is 0 Å². The Morgan fingerprint density at radius 2 is 2.21 bits per heavy atom. The molecule has 9 heteroatoms. The molecule has 0 bridgehead atoms. The maximum Gasteiger partial charge on any atom is 0.236 e. The fourth-order valence-corrected chi connectivity index (χ4v) is 3.49. The Morgan fingerprint density at radius 1 is 1.25 bits per heavy atom. The van der Waals surface area contributed by atoms with Crippen LogP contribution in [0.15, 0.2) is 57.6 Å². The Kier molecular flexibility index (Phi) is 4.09. The average molecular weight is 359 g/mol. The summed E-state index contributed by atoms with van der Waals surface area (Å²) in [6, 6.07) is 10.0. The second kappa shape index (κ2) is 6.54. The van der Waals surface area contributed by atoms with Gasteiger partial charge in [0.15, 0.2) is 0 Å². The smallest absolute Gasteiger partial charge is 0.236 e. The van der Waals surface area contributed by atoms with Gasteiger partial charge in [-0.1, -0.05) is 23.9 Å². The van der Waals surface area contributed by atoms with Crippen molar-refractivity contribution < 1.29 is 8.81 Å². The van der Waals surface area contributed by atoms with Crippen LogP contribution in [0, 0.1) is 5.82 Å². The number of tetrazole rings is 1. The average Bonchev–Trinajstić information content (AvgIpc) is 3.33. The standard InChI is InChI=1S/C15H10FN5OS2/c16-10-3-1-4-12(7-10)21-15(18-19-20-21)24-9-11-8-22-14(17-11)13-5-2-6-23-13/h1-8H,9H2. The first-order valence-corrected chi connectivity index (χ1v) is 8.81. The van der Waals surface area contributed by atoms with Crippen LogP contribution in [0.25, 0.3) is 16.5 Å². The maximum atomic E-state index is 13.4.